The molecule has 0 bridgehead atoms. The average molecular weight is 455 g/mol. The van der Waals surface area contributed by atoms with Crippen molar-refractivity contribution in [1.29, 1.82) is 0 Å². The summed E-state index contributed by atoms with van der Waals surface area (Å²) >= 11 is 1.42. The van der Waals surface area contributed by atoms with E-state index >= 15 is 0 Å². The molecule has 0 radical (unpaired) electrons. The number of amides is 1. The Balaban J connectivity index is 1.49. The second-order valence-corrected chi connectivity index (χ2v) is 9.59. The molecule has 2 saturated carbocycles. The lowest BCUT2D eigenvalue weighted by atomic mass is 9.81. The van der Waals surface area contributed by atoms with Crippen LogP contribution in [0.3, 0.4) is 0 Å². The van der Waals surface area contributed by atoms with Gasteiger partial charge < -0.3 is 15.1 Å². The second-order valence-electron chi connectivity index (χ2n) is 8.69. The number of carbonyl (C=O) groups excluding carboxylic acids is 1. The maximum atomic E-state index is 13.2. The van der Waals surface area contributed by atoms with Crippen LogP contribution >= 0.6 is 11.3 Å². The molecule has 2 aromatic rings. The van der Waals surface area contributed by atoms with E-state index in [-0.39, 0.29) is 23.6 Å². The predicted molar refractivity (Wildman–Crippen MR) is 110 cm³/mol. The van der Waals surface area contributed by atoms with Gasteiger partial charge in [0.25, 0.3) is 5.91 Å². The fourth-order valence-electron chi connectivity index (χ4n) is 4.26. The number of halogens is 3. The van der Waals surface area contributed by atoms with E-state index < -0.39 is 17.4 Å². The highest BCUT2D eigenvalue weighted by Gasteiger charge is 2.51. The molecular weight excluding hydrogens is 429 g/mol. The number of thiazole rings is 1. The number of aliphatic hydroxyl groups is 2. The fraction of sp³-hybridized carbons (Fsp3) is 0.545. The van der Waals surface area contributed by atoms with Crippen LogP contribution in [0.25, 0.3) is 0 Å². The Kier molecular flexibility index (Phi) is 5.64. The van der Waals surface area contributed by atoms with Crippen LogP contribution in [0.2, 0.25) is 0 Å². The molecule has 4 rings (SSSR count). The van der Waals surface area contributed by atoms with E-state index in [1.807, 2.05) is 10.3 Å². The summed E-state index contributed by atoms with van der Waals surface area (Å²) in [6, 6.07) is 5.12. The fourth-order valence-corrected chi connectivity index (χ4v) is 5.05. The van der Waals surface area contributed by atoms with E-state index in [1.54, 1.807) is 6.20 Å². The minimum atomic E-state index is -4.81. The topological polar surface area (TPSA) is 73.7 Å². The monoisotopic (exact) mass is 454 g/mol. The van der Waals surface area contributed by atoms with Crippen molar-refractivity contribution in [2.24, 2.45) is 0 Å². The molecule has 0 aliphatic heterocycles. The molecule has 1 aromatic heterocycles. The van der Waals surface area contributed by atoms with Crippen molar-refractivity contribution in [3.8, 4) is 0 Å². The van der Waals surface area contributed by atoms with Gasteiger partial charge in [-0.3, -0.25) is 4.79 Å². The molecule has 0 spiro atoms. The molecule has 2 aliphatic carbocycles. The standard InChI is InChI=1S/C22H25F3N2O3S/c1-20(29,22(23,24)25)15-4-2-14(3-5-15)18(28)27(16-6-7-16)17-8-10-21(30,11-9-17)19-26-12-13-31-19/h2-5,12-13,16-17,29-30H,6-11H2,1H3/t17-,20-,21-/m0/s1. The Labute approximate surface area is 182 Å². The lowest BCUT2D eigenvalue weighted by Crippen LogP contribution is -2.46. The van der Waals surface area contributed by atoms with Crippen LogP contribution in [-0.2, 0) is 11.2 Å². The molecule has 168 valence electrons. The van der Waals surface area contributed by atoms with Crippen LogP contribution in [0.15, 0.2) is 35.8 Å². The first-order valence-electron chi connectivity index (χ1n) is 10.4. The Morgan fingerprint density at radius 2 is 1.71 bits per heavy atom. The van der Waals surface area contributed by atoms with Crippen molar-refractivity contribution in [3.63, 3.8) is 0 Å². The zero-order chi connectivity index (χ0) is 22.4. The van der Waals surface area contributed by atoms with Crippen molar-refractivity contribution >= 4 is 17.2 Å². The average Bonchev–Trinajstić information content (AvgIpc) is 3.39. The molecule has 0 unspecified atom stereocenters. The molecule has 9 heteroatoms. The van der Waals surface area contributed by atoms with Crippen LogP contribution in [0.5, 0.6) is 0 Å². The number of alkyl halides is 3. The summed E-state index contributed by atoms with van der Waals surface area (Å²) in [5.41, 5.74) is -3.95. The highest BCUT2D eigenvalue weighted by molar-refractivity contribution is 7.09. The lowest BCUT2D eigenvalue weighted by molar-refractivity contribution is -0.258. The summed E-state index contributed by atoms with van der Waals surface area (Å²) in [7, 11) is 0. The van der Waals surface area contributed by atoms with Crippen molar-refractivity contribution in [2.75, 3.05) is 0 Å². The number of hydrogen-bond donors (Lipinski definition) is 2. The number of rotatable bonds is 5. The summed E-state index contributed by atoms with van der Waals surface area (Å²) < 4.78 is 39.2. The molecule has 1 amide bonds. The summed E-state index contributed by atoms with van der Waals surface area (Å²) in [5.74, 6) is -0.217. The van der Waals surface area contributed by atoms with Gasteiger partial charge >= 0.3 is 6.18 Å². The zero-order valence-corrected chi connectivity index (χ0v) is 17.9. The second kappa shape index (κ2) is 7.86. The van der Waals surface area contributed by atoms with Crippen molar-refractivity contribution in [1.82, 2.24) is 9.88 Å². The first-order chi connectivity index (χ1) is 14.5. The maximum Gasteiger partial charge on any atom is 0.421 e. The number of carbonyl (C=O) groups is 1. The Hall–Kier alpha value is -1.97. The van der Waals surface area contributed by atoms with Crippen LogP contribution in [-0.4, -0.2) is 44.3 Å². The smallest absolute Gasteiger partial charge is 0.383 e. The summed E-state index contributed by atoms with van der Waals surface area (Å²) in [4.78, 5) is 19.3. The summed E-state index contributed by atoms with van der Waals surface area (Å²) in [6.07, 6.45) is 0.959. The van der Waals surface area contributed by atoms with Crippen LogP contribution in [0, 0.1) is 0 Å². The normalized spacial score (nSPS) is 26.3. The van der Waals surface area contributed by atoms with E-state index in [0.29, 0.717) is 43.2 Å². The largest absolute Gasteiger partial charge is 0.421 e. The molecule has 2 N–H and O–H groups in total. The highest BCUT2D eigenvalue weighted by atomic mass is 32.1. The van der Waals surface area contributed by atoms with Crippen LogP contribution < -0.4 is 0 Å². The van der Waals surface area contributed by atoms with E-state index in [4.69, 9.17) is 0 Å². The van der Waals surface area contributed by atoms with Crippen molar-refractivity contribution < 1.29 is 28.2 Å². The third-order valence-electron chi connectivity index (χ3n) is 6.43. The molecule has 1 aromatic carbocycles. The van der Waals surface area contributed by atoms with Crippen LogP contribution in [0.1, 0.15) is 66.4 Å². The van der Waals surface area contributed by atoms with Crippen LogP contribution in [0.4, 0.5) is 13.2 Å². The number of hydrogen-bond acceptors (Lipinski definition) is 5. The molecular formula is C22H25F3N2O3S. The van der Waals surface area contributed by atoms with E-state index in [9.17, 15) is 28.2 Å². The number of nitrogens with zero attached hydrogens (tertiary/aromatic N) is 2. The first kappa shape index (κ1) is 22.2. The third-order valence-corrected chi connectivity index (χ3v) is 7.39. The van der Waals surface area contributed by atoms with Crippen molar-refractivity contribution in [2.45, 2.75) is 74.9 Å². The Morgan fingerprint density at radius 3 is 2.19 bits per heavy atom. The summed E-state index contributed by atoms with van der Waals surface area (Å²) in [6.45, 7) is 0.700. The molecule has 31 heavy (non-hydrogen) atoms. The van der Waals surface area contributed by atoms with Gasteiger partial charge in [0, 0.05) is 29.2 Å². The third kappa shape index (κ3) is 4.23. The number of benzene rings is 1. The Bertz CT molecular complexity index is 916. The van der Waals surface area contributed by atoms with Crippen molar-refractivity contribution in [3.05, 3.63) is 52.0 Å². The minimum absolute atomic E-state index is 0.0294. The zero-order valence-electron chi connectivity index (χ0n) is 17.1. The molecule has 5 nitrogen and oxygen atoms in total. The van der Waals surface area contributed by atoms with Gasteiger partial charge in [-0.1, -0.05) is 12.1 Å². The van der Waals surface area contributed by atoms with Gasteiger partial charge in [0.2, 0.25) is 0 Å². The van der Waals surface area contributed by atoms with Gasteiger partial charge in [0.1, 0.15) is 10.6 Å². The van der Waals surface area contributed by atoms with E-state index in [2.05, 4.69) is 4.98 Å². The van der Waals surface area contributed by atoms with Gasteiger partial charge in [-0.15, -0.1) is 11.3 Å². The Morgan fingerprint density at radius 1 is 1.13 bits per heavy atom. The molecule has 1 atom stereocenters. The van der Waals surface area contributed by atoms with Gasteiger partial charge in [-0.2, -0.15) is 13.2 Å². The maximum absolute atomic E-state index is 13.2. The van der Waals surface area contributed by atoms with Gasteiger partial charge in [0.15, 0.2) is 5.60 Å². The lowest BCUT2D eigenvalue weighted by Gasteiger charge is -2.40. The van der Waals surface area contributed by atoms with Gasteiger partial charge in [0.05, 0.1) is 0 Å². The molecule has 0 saturated heterocycles. The van der Waals surface area contributed by atoms with E-state index in [1.165, 1.54) is 23.5 Å². The van der Waals surface area contributed by atoms with Gasteiger partial charge in [-0.05, 0) is 63.1 Å². The highest BCUT2D eigenvalue weighted by Crippen LogP contribution is 2.43. The summed E-state index contributed by atoms with van der Waals surface area (Å²) in [5, 5.41) is 23.3. The number of aromatic nitrogens is 1. The quantitative estimate of drug-likeness (QED) is 0.705. The molecule has 2 aliphatic rings. The van der Waals surface area contributed by atoms with E-state index in [0.717, 1.165) is 25.0 Å². The molecule has 1 heterocycles. The molecule has 2 fully saturated rings. The van der Waals surface area contributed by atoms with Gasteiger partial charge in [-0.25, -0.2) is 4.98 Å². The predicted octanol–water partition coefficient (Wildman–Crippen LogP) is 4.35. The minimum Gasteiger partial charge on any atom is -0.383 e. The SMILES string of the molecule is C[C@](O)(c1ccc(C(=O)N(C2CC2)[C@H]2CC[C@@](O)(c3nccs3)CC2)cc1)C(F)(F)F. The first-order valence-corrected chi connectivity index (χ1v) is 11.3.